The van der Waals surface area contributed by atoms with Crippen molar-refractivity contribution < 1.29 is 43.2 Å². The zero-order valence-corrected chi connectivity index (χ0v) is 9.21. The zero-order valence-electron chi connectivity index (χ0n) is 7.58. The van der Waals surface area contributed by atoms with Crippen molar-refractivity contribution in [3.63, 3.8) is 0 Å². The van der Waals surface area contributed by atoms with Crippen molar-refractivity contribution in [1.82, 2.24) is 6.15 Å². The number of primary sulfonamides is 2. The SMILES string of the molecule is N.NS(=O)(=O)C(F)(F)F.NS(=O)(=O)C(F)(F)F. The number of nitrogens with two attached hydrogens (primary N) is 2. The van der Waals surface area contributed by atoms with E-state index < -0.39 is 31.1 Å². The van der Waals surface area contributed by atoms with E-state index in [0.29, 0.717) is 0 Å². The molecule has 0 amide bonds. The number of sulfonamides is 2. The maximum absolute atomic E-state index is 10.8. The Hall–Kier alpha value is -0.640. The summed E-state index contributed by atoms with van der Waals surface area (Å²) < 4.78 is 102. The van der Waals surface area contributed by atoms with Gasteiger partial charge in [-0.25, -0.2) is 27.1 Å². The Bertz CT molecular complexity index is 377. The van der Waals surface area contributed by atoms with Gasteiger partial charge in [0.15, 0.2) is 0 Å². The maximum atomic E-state index is 10.8. The van der Waals surface area contributed by atoms with Gasteiger partial charge in [0.25, 0.3) is 0 Å². The topological polar surface area (TPSA) is 155 Å². The summed E-state index contributed by atoms with van der Waals surface area (Å²) in [6.45, 7) is 0. The van der Waals surface area contributed by atoms with Crippen molar-refractivity contribution in [2.45, 2.75) is 11.0 Å². The lowest BCUT2D eigenvalue weighted by molar-refractivity contribution is -0.0441. The molecule has 0 unspecified atom stereocenters. The fraction of sp³-hybridized carbons (Fsp3) is 1.00. The minimum absolute atomic E-state index is 0. The van der Waals surface area contributed by atoms with Gasteiger partial charge < -0.3 is 6.15 Å². The van der Waals surface area contributed by atoms with Gasteiger partial charge in [-0.3, -0.25) is 0 Å². The van der Waals surface area contributed by atoms with E-state index >= 15 is 0 Å². The quantitative estimate of drug-likeness (QED) is 0.526. The van der Waals surface area contributed by atoms with E-state index in [1.54, 1.807) is 0 Å². The molecule has 0 aliphatic rings. The second-order valence-corrected chi connectivity index (χ2v) is 5.09. The summed E-state index contributed by atoms with van der Waals surface area (Å²) in [6, 6.07) is 0. The molecule has 0 rings (SSSR count). The summed E-state index contributed by atoms with van der Waals surface area (Å²) in [5, 5.41) is 7.32. The number of alkyl halides is 6. The lowest BCUT2D eigenvalue weighted by atomic mass is 11.6. The highest BCUT2D eigenvalue weighted by Gasteiger charge is 2.43. The predicted molar refractivity (Wildman–Crippen MR) is 43.3 cm³/mol. The van der Waals surface area contributed by atoms with E-state index in [2.05, 4.69) is 10.3 Å². The van der Waals surface area contributed by atoms with Crippen LogP contribution in [-0.2, 0) is 20.0 Å². The molecule has 0 radical (unpaired) electrons. The normalized spacial score (nSPS) is 13.2. The molecule has 7 N–H and O–H groups in total. The highest BCUT2D eigenvalue weighted by Crippen LogP contribution is 2.19. The first-order valence-corrected chi connectivity index (χ1v) is 5.77. The number of hydrogen-bond donors (Lipinski definition) is 3. The Balaban J connectivity index is -0.000000218. The molecule has 17 heavy (non-hydrogen) atoms. The standard InChI is InChI=1S/2CH2F3NO2S.H3N/c2*2-1(3,4)8(5,6)7;/h2*(H2,5,6,7);1H3. The summed E-state index contributed by atoms with van der Waals surface area (Å²) in [7, 11) is -10.7. The van der Waals surface area contributed by atoms with Gasteiger partial charge >= 0.3 is 31.1 Å². The highest BCUT2D eigenvalue weighted by molar-refractivity contribution is 7.90. The van der Waals surface area contributed by atoms with Crippen LogP contribution in [0.3, 0.4) is 0 Å². The molecule has 0 aromatic carbocycles. The molecular weight excluding hydrogens is 308 g/mol. The van der Waals surface area contributed by atoms with Crippen molar-refractivity contribution in [2.75, 3.05) is 0 Å². The van der Waals surface area contributed by atoms with Gasteiger partial charge in [-0.2, -0.15) is 26.3 Å². The summed E-state index contributed by atoms with van der Waals surface area (Å²) >= 11 is 0. The Morgan fingerprint density at radius 2 is 0.706 bits per heavy atom. The average molecular weight is 315 g/mol. The molecule has 0 aromatic heterocycles. The van der Waals surface area contributed by atoms with Crippen molar-refractivity contribution in [2.24, 2.45) is 10.3 Å². The fourth-order valence-corrected chi connectivity index (χ4v) is 0. The third-order valence-corrected chi connectivity index (χ3v) is 1.94. The third kappa shape index (κ3) is 9.10. The first-order chi connectivity index (χ1) is 6.50. The Labute approximate surface area is 91.4 Å². The predicted octanol–water partition coefficient (Wildman–Crippen LogP) is -0.249. The van der Waals surface area contributed by atoms with Crippen molar-refractivity contribution in [3.05, 3.63) is 0 Å². The number of hydrogen-bond acceptors (Lipinski definition) is 5. The molecule has 0 aliphatic heterocycles. The van der Waals surface area contributed by atoms with Gasteiger partial charge in [0.2, 0.25) is 0 Å². The highest BCUT2D eigenvalue weighted by atomic mass is 32.2. The molecule has 0 atom stereocenters. The monoisotopic (exact) mass is 315 g/mol. The summed E-state index contributed by atoms with van der Waals surface area (Å²) in [5.74, 6) is 0. The first kappa shape index (κ1) is 21.6. The molecule has 108 valence electrons. The first-order valence-electron chi connectivity index (χ1n) is 2.68. The van der Waals surface area contributed by atoms with Crippen LogP contribution in [0.4, 0.5) is 26.3 Å². The second-order valence-electron chi connectivity index (χ2n) is 1.98. The number of halogens is 6. The molecule has 7 nitrogen and oxygen atoms in total. The maximum Gasteiger partial charge on any atom is 0.511 e. The minimum Gasteiger partial charge on any atom is -0.344 e. The summed E-state index contributed by atoms with van der Waals surface area (Å²) in [5.41, 5.74) is -10.6. The summed E-state index contributed by atoms with van der Waals surface area (Å²) in [4.78, 5) is 0. The molecule has 15 heteroatoms. The van der Waals surface area contributed by atoms with Gasteiger partial charge in [0.1, 0.15) is 0 Å². The van der Waals surface area contributed by atoms with Gasteiger partial charge in [-0.05, 0) is 0 Å². The largest absolute Gasteiger partial charge is 0.511 e. The van der Waals surface area contributed by atoms with Crippen molar-refractivity contribution >= 4 is 20.0 Å². The zero-order chi connectivity index (χ0) is 14.0. The van der Waals surface area contributed by atoms with Crippen LogP contribution in [0.1, 0.15) is 0 Å². The molecule has 0 saturated heterocycles. The van der Waals surface area contributed by atoms with Gasteiger partial charge in [0, 0.05) is 0 Å². The van der Waals surface area contributed by atoms with Crippen LogP contribution in [0.25, 0.3) is 0 Å². The Kier molecular flexibility index (Phi) is 7.38. The third-order valence-electron chi connectivity index (χ3n) is 0.645. The molecule has 0 spiro atoms. The van der Waals surface area contributed by atoms with Crippen LogP contribution >= 0.6 is 0 Å². The van der Waals surface area contributed by atoms with E-state index in [4.69, 9.17) is 0 Å². The lowest BCUT2D eigenvalue weighted by Crippen LogP contribution is -2.30. The molecule has 0 saturated carbocycles. The Morgan fingerprint density at radius 3 is 0.706 bits per heavy atom. The molecule has 0 heterocycles. The van der Waals surface area contributed by atoms with Crippen molar-refractivity contribution in [1.29, 1.82) is 0 Å². The number of rotatable bonds is 0. The van der Waals surface area contributed by atoms with Crippen molar-refractivity contribution in [3.8, 4) is 0 Å². The molecule has 0 aliphatic carbocycles. The summed E-state index contributed by atoms with van der Waals surface area (Å²) in [6.07, 6.45) is 0. The molecular formula is C2H7F6N3O4S2. The van der Waals surface area contributed by atoms with E-state index in [9.17, 15) is 43.2 Å². The van der Waals surface area contributed by atoms with E-state index in [1.807, 2.05) is 0 Å². The minimum atomic E-state index is -5.34. The molecule has 0 aromatic rings. The van der Waals surface area contributed by atoms with Crippen LogP contribution in [0.2, 0.25) is 0 Å². The smallest absolute Gasteiger partial charge is 0.344 e. The van der Waals surface area contributed by atoms with Crippen LogP contribution < -0.4 is 16.4 Å². The molecule has 0 fully saturated rings. The van der Waals surface area contributed by atoms with Crippen LogP contribution in [0.15, 0.2) is 0 Å². The second kappa shape index (κ2) is 5.80. The molecule has 0 bridgehead atoms. The average Bonchev–Trinajstić information content (AvgIpc) is 1.77. The van der Waals surface area contributed by atoms with Crippen LogP contribution in [0, 0.1) is 0 Å². The van der Waals surface area contributed by atoms with Crippen LogP contribution in [-0.4, -0.2) is 27.9 Å². The van der Waals surface area contributed by atoms with Gasteiger partial charge in [-0.15, -0.1) is 0 Å². The Morgan fingerprint density at radius 1 is 0.647 bits per heavy atom. The van der Waals surface area contributed by atoms with Gasteiger partial charge in [-0.1, -0.05) is 0 Å². The van der Waals surface area contributed by atoms with E-state index in [-0.39, 0.29) is 6.15 Å². The fourth-order valence-electron chi connectivity index (χ4n) is 0. The van der Waals surface area contributed by atoms with E-state index in [0.717, 1.165) is 0 Å². The lowest BCUT2D eigenvalue weighted by Gasteiger charge is -1.98. The van der Waals surface area contributed by atoms with Gasteiger partial charge in [0.05, 0.1) is 0 Å². The van der Waals surface area contributed by atoms with Crippen LogP contribution in [0.5, 0.6) is 0 Å². The van der Waals surface area contributed by atoms with E-state index in [1.165, 1.54) is 0 Å².